The molecule has 0 amide bonds. The summed E-state index contributed by atoms with van der Waals surface area (Å²) in [6.07, 6.45) is 3.44. The molecule has 0 aliphatic carbocycles. The Bertz CT molecular complexity index is 625. The van der Waals surface area contributed by atoms with Gasteiger partial charge in [-0.15, -0.1) is 0 Å². The van der Waals surface area contributed by atoms with E-state index in [2.05, 4.69) is 4.98 Å². The van der Waals surface area contributed by atoms with Gasteiger partial charge in [-0.25, -0.2) is 0 Å². The molecule has 0 aromatic carbocycles. The fourth-order valence-corrected chi connectivity index (χ4v) is 2.04. The first-order valence-corrected chi connectivity index (χ1v) is 6.21. The van der Waals surface area contributed by atoms with E-state index >= 15 is 0 Å². The maximum Gasteiger partial charge on any atom is 0.254 e. The van der Waals surface area contributed by atoms with Gasteiger partial charge in [-0.2, -0.15) is 0 Å². The van der Waals surface area contributed by atoms with Crippen LogP contribution in [-0.4, -0.2) is 14.7 Å². The lowest BCUT2D eigenvalue weighted by Gasteiger charge is -2.24. The highest BCUT2D eigenvalue weighted by Crippen LogP contribution is 2.24. The zero-order valence-electron chi connectivity index (χ0n) is 11.4. The number of aromatic nitrogens is 2. The van der Waals surface area contributed by atoms with Crippen molar-refractivity contribution >= 4 is 0 Å². The van der Waals surface area contributed by atoms with Gasteiger partial charge in [0.25, 0.3) is 5.56 Å². The van der Waals surface area contributed by atoms with Crippen molar-refractivity contribution in [1.29, 1.82) is 0 Å². The molecule has 2 aromatic rings. The summed E-state index contributed by atoms with van der Waals surface area (Å²) < 4.78 is 1.68. The quantitative estimate of drug-likeness (QED) is 0.899. The SMILES string of the molecule is CC(C)(C)c1cc(O)cc(=O)n1Cc1cccnc1. The lowest BCUT2D eigenvalue weighted by molar-refractivity contribution is 0.456. The molecule has 19 heavy (non-hydrogen) atoms. The van der Waals surface area contributed by atoms with Crippen LogP contribution in [0.5, 0.6) is 5.75 Å². The van der Waals surface area contributed by atoms with E-state index < -0.39 is 0 Å². The van der Waals surface area contributed by atoms with E-state index in [4.69, 9.17) is 0 Å². The van der Waals surface area contributed by atoms with Gasteiger partial charge in [0.15, 0.2) is 0 Å². The Hall–Kier alpha value is -2.10. The predicted molar refractivity (Wildman–Crippen MR) is 74.4 cm³/mol. The van der Waals surface area contributed by atoms with E-state index in [9.17, 15) is 9.90 Å². The first kappa shape index (κ1) is 13.3. The zero-order chi connectivity index (χ0) is 14.0. The minimum absolute atomic E-state index is 0.0114. The highest BCUT2D eigenvalue weighted by Gasteiger charge is 2.20. The molecule has 100 valence electrons. The molecule has 2 rings (SSSR count). The van der Waals surface area contributed by atoms with E-state index in [1.54, 1.807) is 23.0 Å². The lowest BCUT2D eigenvalue weighted by atomic mass is 9.91. The molecule has 0 saturated heterocycles. The van der Waals surface area contributed by atoms with Gasteiger partial charge in [0, 0.05) is 35.6 Å². The van der Waals surface area contributed by atoms with Gasteiger partial charge >= 0.3 is 0 Å². The fourth-order valence-electron chi connectivity index (χ4n) is 2.04. The van der Waals surface area contributed by atoms with Crippen molar-refractivity contribution in [3.63, 3.8) is 0 Å². The molecule has 0 bridgehead atoms. The van der Waals surface area contributed by atoms with Crippen LogP contribution in [-0.2, 0) is 12.0 Å². The lowest BCUT2D eigenvalue weighted by Crippen LogP contribution is -2.29. The van der Waals surface area contributed by atoms with Crippen LogP contribution in [0.4, 0.5) is 0 Å². The van der Waals surface area contributed by atoms with Crippen molar-refractivity contribution in [2.45, 2.75) is 32.7 Å². The van der Waals surface area contributed by atoms with Crippen LogP contribution in [0.25, 0.3) is 0 Å². The van der Waals surface area contributed by atoms with Gasteiger partial charge in [0.05, 0.1) is 6.54 Å². The predicted octanol–water partition coefficient (Wildman–Crippen LogP) is 2.29. The summed E-state index contributed by atoms with van der Waals surface area (Å²) in [5.41, 5.74) is 1.34. The highest BCUT2D eigenvalue weighted by atomic mass is 16.3. The van der Waals surface area contributed by atoms with Gasteiger partial charge in [0.2, 0.25) is 0 Å². The molecule has 2 aromatic heterocycles. The largest absolute Gasteiger partial charge is 0.508 e. The van der Waals surface area contributed by atoms with Gasteiger partial charge < -0.3 is 9.67 Å². The van der Waals surface area contributed by atoms with Crippen molar-refractivity contribution in [2.24, 2.45) is 0 Å². The van der Waals surface area contributed by atoms with Crippen molar-refractivity contribution in [1.82, 2.24) is 9.55 Å². The molecule has 2 heterocycles. The van der Waals surface area contributed by atoms with E-state index in [0.29, 0.717) is 6.54 Å². The molecule has 0 fully saturated rings. The van der Waals surface area contributed by atoms with Crippen LogP contribution in [0.15, 0.2) is 41.5 Å². The third-order valence-electron chi connectivity index (χ3n) is 2.94. The third-order valence-corrected chi connectivity index (χ3v) is 2.94. The average molecular weight is 258 g/mol. The minimum Gasteiger partial charge on any atom is -0.508 e. The molecule has 4 nitrogen and oxygen atoms in total. The summed E-state index contributed by atoms with van der Waals surface area (Å²) >= 11 is 0. The summed E-state index contributed by atoms with van der Waals surface area (Å²) in [5.74, 6) is 0.0114. The topological polar surface area (TPSA) is 55.1 Å². The summed E-state index contributed by atoms with van der Waals surface area (Å²) in [6.45, 7) is 6.50. The monoisotopic (exact) mass is 258 g/mol. The van der Waals surface area contributed by atoms with Crippen molar-refractivity contribution in [2.75, 3.05) is 0 Å². The maximum absolute atomic E-state index is 12.1. The second-order valence-corrected chi connectivity index (χ2v) is 5.63. The van der Waals surface area contributed by atoms with E-state index in [1.165, 1.54) is 6.07 Å². The highest BCUT2D eigenvalue weighted by molar-refractivity contribution is 5.27. The summed E-state index contributed by atoms with van der Waals surface area (Å²) in [7, 11) is 0. The van der Waals surface area contributed by atoms with Crippen LogP contribution >= 0.6 is 0 Å². The summed E-state index contributed by atoms with van der Waals surface area (Å²) in [4.78, 5) is 16.1. The number of pyridine rings is 2. The molecule has 4 heteroatoms. The van der Waals surface area contributed by atoms with Gasteiger partial charge in [-0.05, 0) is 11.6 Å². The number of hydrogen-bond acceptors (Lipinski definition) is 3. The van der Waals surface area contributed by atoms with E-state index in [-0.39, 0.29) is 16.7 Å². The molecule has 0 unspecified atom stereocenters. The van der Waals surface area contributed by atoms with Gasteiger partial charge in [0.1, 0.15) is 5.75 Å². The Morgan fingerprint density at radius 3 is 2.63 bits per heavy atom. The standard InChI is InChI=1S/C15H18N2O2/c1-15(2,3)13-7-12(18)8-14(19)17(13)10-11-5-4-6-16-9-11/h4-9,18H,10H2,1-3H3. The molecular formula is C15H18N2O2. The maximum atomic E-state index is 12.1. The van der Waals surface area contributed by atoms with Crippen LogP contribution in [0, 0.1) is 0 Å². The van der Waals surface area contributed by atoms with Crippen molar-refractivity contribution < 1.29 is 5.11 Å². The van der Waals surface area contributed by atoms with E-state index in [1.807, 2.05) is 32.9 Å². The molecule has 0 saturated carbocycles. The Kier molecular flexibility index (Phi) is 3.42. The molecule has 1 N–H and O–H groups in total. The first-order chi connectivity index (χ1) is 8.88. The van der Waals surface area contributed by atoms with Gasteiger partial charge in [-0.3, -0.25) is 9.78 Å². The molecule has 0 aliphatic rings. The number of rotatable bonds is 2. The van der Waals surface area contributed by atoms with Gasteiger partial charge in [-0.1, -0.05) is 26.8 Å². The minimum atomic E-state index is -0.222. The zero-order valence-corrected chi connectivity index (χ0v) is 11.4. The normalized spacial score (nSPS) is 11.5. The molecular weight excluding hydrogens is 240 g/mol. The Labute approximate surface area is 112 Å². The van der Waals surface area contributed by atoms with Crippen LogP contribution in [0.1, 0.15) is 32.0 Å². The number of aromatic hydroxyl groups is 1. The van der Waals surface area contributed by atoms with E-state index in [0.717, 1.165) is 11.3 Å². The third kappa shape index (κ3) is 3.02. The Balaban J connectivity index is 2.53. The van der Waals surface area contributed by atoms with Crippen LogP contribution < -0.4 is 5.56 Å². The van der Waals surface area contributed by atoms with Crippen molar-refractivity contribution in [3.8, 4) is 5.75 Å². The summed E-state index contributed by atoms with van der Waals surface area (Å²) in [6, 6.07) is 6.67. The number of nitrogens with zero attached hydrogens (tertiary/aromatic N) is 2. The Morgan fingerprint density at radius 1 is 1.32 bits per heavy atom. The molecule has 0 aliphatic heterocycles. The smallest absolute Gasteiger partial charge is 0.254 e. The average Bonchev–Trinajstić information content (AvgIpc) is 2.32. The molecule has 0 atom stereocenters. The summed E-state index contributed by atoms with van der Waals surface area (Å²) in [5, 5.41) is 9.62. The number of hydrogen-bond donors (Lipinski definition) is 1. The molecule has 0 radical (unpaired) electrons. The Morgan fingerprint density at radius 2 is 2.05 bits per heavy atom. The first-order valence-electron chi connectivity index (χ1n) is 6.21. The second kappa shape index (κ2) is 4.88. The van der Waals surface area contributed by atoms with Crippen molar-refractivity contribution in [3.05, 3.63) is 58.3 Å². The van der Waals surface area contributed by atoms with Crippen LogP contribution in [0.2, 0.25) is 0 Å². The second-order valence-electron chi connectivity index (χ2n) is 5.63. The van der Waals surface area contributed by atoms with Crippen LogP contribution in [0.3, 0.4) is 0 Å². The fraction of sp³-hybridized carbons (Fsp3) is 0.333. The molecule has 0 spiro atoms.